The molecule has 0 heterocycles. The second-order valence-corrected chi connectivity index (χ2v) is 6.91. The molecular weight excluding hydrogens is 230 g/mol. The van der Waals surface area contributed by atoms with Gasteiger partial charge in [0.05, 0.1) is 0 Å². The van der Waals surface area contributed by atoms with Crippen molar-refractivity contribution in [2.45, 2.75) is 66.8 Å². The Hall–Kier alpha value is -0.820. The Morgan fingerprint density at radius 1 is 1.05 bits per heavy atom. The molecule has 1 rings (SSSR count). The molecule has 1 nitrogen and oxygen atoms in total. The van der Waals surface area contributed by atoms with E-state index in [4.69, 9.17) is 0 Å². The van der Waals surface area contributed by atoms with Gasteiger partial charge in [-0.1, -0.05) is 57.0 Å². The van der Waals surface area contributed by atoms with Crippen LogP contribution < -0.4 is 5.32 Å². The highest BCUT2D eigenvalue weighted by molar-refractivity contribution is 5.28. The number of rotatable bonds is 6. The monoisotopic (exact) mass is 261 g/mol. The molecule has 0 aliphatic rings. The molecule has 0 aliphatic carbocycles. The van der Waals surface area contributed by atoms with Crippen LogP contribution in [0.15, 0.2) is 18.2 Å². The van der Waals surface area contributed by atoms with Crippen LogP contribution in [0.3, 0.4) is 0 Å². The molecule has 108 valence electrons. The van der Waals surface area contributed by atoms with Crippen molar-refractivity contribution in [3.63, 3.8) is 0 Å². The van der Waals surface area contributed by atoms with Gasteiger partial charge in [0, 0.05) is 6.04 Å². The van der Waals surface area contributed by atoms with Crippen LogP contribution in [-0.2, 0) is 6.42 Å². The van der Waals surface area contributed by atoms with Crippen LogP contribution in [0.2, 0.25) is 0 Å². The molecule has 1 aromatic carbocycles. The Balaban J connectivity index is 2.65. The van der Waals surface area contributed by atoms with Crippen molar-refractivity contribution in [2.75, 3.05) is 6.54 Å². The summed E-state index contributed by atoms with van der Waals surface area (Å²) in [6, 6.07) is 7.49. The molecule has 0 aliphatic heterocycles. The standard InChI is InChI=1S/C18H31N/c1-7-10-19-17(18(4,5)6)9-8-16-12-14(2)11-15(3)13-16/h11-13,17,19H,7-10H2,1-6H3. The van der Waals surface area contributed by atoms with Crippen LogP contribution in [0.1, 0.15) is 57.2 Å². The van der Waals surface area contributed by atoms with E-state index in [2.05, 4.69) is 65.1 Å². The second kappa shape index (κ2) is 7.09. The van der Waals surface area contributed by atoms with Crippen molar-refractivity contribution in [3.8, 4) is 0 Å². The van der Waals surface area contributed by atoms with E-state index in [9.17, 15) is 0 Å². The highest BCUT2D eigenvalue weighted by Crippen LogP contribution is 2.23. The highest BCUT2D eigenvalue weighted by Gasteiger charge is 2.23. The Morgan fingerprint density at radius 2 is 1.63 bits per heavy atom. The average Bonchev–Trinajstić information content (AvgIpc) is 2.26. The zero-order valence-corrected chi connectivity index (χ0v) is 13.6. The number of hydrogen-bond donors (Lipinski definition) is 1. The van der Waals surface area contributed by atoms with Gasteiger partial charge in [-0.05, 0) is 50.6 Å². The van der Waals surface area contributed by atoms with Crippen LogP contribution in [0.4, 0.5) is 0 Å². The van der Waals surface area contributed by atoms with E-state index in [1.165, 1.54) is 36.0 Å². The molecule has 0 saturated heterocycles. The smallest absolute Gasteiger partial charge is 0.0119 e. The first kappa shape index (κ1) is 16.2. The number of hydrogen-bond acceptors (Lipinski definition) is 1. The minimum absolute atomic E-state index is 0.327. The van der Waals surface area contributed by atoms with E-state index in [1.54, 1.807) is 0 Å². The lowest BCUT2D eigenvalue weighted by Gasteiger charge is -2.32. The summed E-state index contributed by atoms with van der Waals surface area (Å²) in [4.78, 5) is 0. The molecule has 0 fully saturated rings. The summed E-state index contributed by atoms with van der Waals surface area (Å²) in [7, 11) is 0. The van der Waals surface area contributed by atoms with E-state index in [0.717, 1.165) is 6.54 Å². The van der Waals surface area contributed by atoms with Crippen LogP contribution >= 0.6 is 0 Å². The SMILES string of the molecule is CCCNC(CCc1cc(C)cc(C)c1)C(C)(C)C. The Kier molecular flexibility index (Phi) is 6.06. The fourth-order valence-electron chi connectivity index (χ4n) is 2.68. The van der Waals surface area contributed by atoms with Crippen molar-refractivity contribution in [3.05, 3.63) is 34.9 Å². The van der Waals surface area contributed by atoms with Crippen molar-refractivity contribution >= 4 is 0 Å². The van der Waals surface area contributed by atoms with Gasteiger partial charge in [0.25, 0.3) is 0 Å². The van der Waals surface area contributed by atoms with Crippen molar-refractivity contribution in [1.82, 2.24) is 5.32 Å². The molecule has 19 heavy (non-hydrogen) atoms. The third-order valence-electron chi connectivity index (χ3n) is 3.69. The first-order valence-electron chi connectivity index (χ1n) is 7.63. The van der Waals surface area contributed by atoms with Crippen LogP contribution in [0.25, 0.3) is 0 Å². The van der Waals surface area contributed by atoms with Crippen LogP contribution in [0.5, 0.6) is 0 Å². The molecule has 0 radical (unpaired) electrons. The minimum Gasteiger partial charge on any atom is -0.313 e. The zero-order chi connectivity index (χ0) is 14.5. The van der Waals surface area contributed by atoms with E-state index in [0.29, 0.717) is 11.5 Å². The molecule has 1 heteroatoms. The lowest BCUT2D eigenvalue weighted by molar-refractivity contribution is 0.255. The summed E-state index contributed by atoms with van der Waals surface area (Å²) >= 11 is 0. The number of aryl methyl sites for hydroxylation is 3. The molecule has 0 aromatic heterocycles. The zero-order valence-electron chi connectivity index (χ0n) is 13.6. The Bertz CT molecular complexity index is 367. The van der Waals surface area contributed by atoms with Gasteiger partial charge < -0.3 is 5.32 Å². The highest BCUT2D eigenvalue weighted by atomic mass is 14.9. The molecule has 1 unspecified atom stereocenters. The molecule has 0 spiro atoms. The van der Waals surface area contributed by atoms with E-state index >= 15 is 0 Å². The lowest BCUT2D eigenvalue weighted by Crippen LogP contribution is -2.41. The van der Waals surface area contributed by atoms with Crippen LogP contribution in [-0.4, -0.2) is 12.6 Å². The largest absolute Gasteiger partial charge is 0.313 e. The normalized spacial score (nSPS) is 13.6. The fourth-order valence-corrected chi connectivity index (χ4v) is 2.68. The summed E-state index contributed by atoms with van der Waals surface area (Å²) < 4.78 is 0. The molecule has 1 N–H and O–H groups in total. The van der Waals surface area contributed by atoms with Crippen LogP contribution in [0, 0.1) is 19.3 Å². The first-order chi connectivity index (χ1) is 8.82. The Labute approximate surface area is 119 Å². The van der Waals surface area contributed by atoms with E-state index < -0.39 is 0 Å². The second-order valence-electron chi connectivity index (χ2n) is 6.91. The predicted molar refractivity (Wildman–Crippen MR) is 85.8 cm³/mol. The number of nitrogens with one attached hydrogen (secondary N) is 1. The first-order valence-corrected chi connectivity index (χ1v) is 7.63. The van der Waals surface area contributed by atoms with Gasteiger partial charge in [-0.15, -0.1) is 0 Å². The van der Waals surface area contributed by atoms with Gasteiger partial charge in [0.1, 0.15) is 0 Å². The van der Waals surface area contributed by atoms with Gasteiger partial charge >= 0.3 is 0 Å². The van der Waals surface area contributed by atoms with Crippen molar-refractivity contribution in [1.29, 1.82) is 0 Å². The predicted octanol–water partition coefficient (Wildman–Crippen LogP) is 4.65. The topological polar surface area (TPSA) is 12.0 Å². The summed E-state index contributed by atoms with van der Waals surface area (Å²) in [6.07, 6.45) is 3.59. The maximum absolute atomic E-state index is 3.71. The molecule has 1 atom stereocenters. The van der Waals surface area contributed by atoms with Gasteiger partial charge in [0.15, 0.2) is 0 Å². The third-order valence-corrected chi connectivity index (χ3v) is 3.69. The minimum atomic E-state index is 0.327. The molecule has 1 aromatic rings. The number of benzene rings is 1. The summed E-state index contributed by atoms with van der Waals surface area (Å²) in [6.45, 7) is 14.7. The van der Waals surface area contributed by atoms with Gasteiger partial charge in [-0.3, -0.25) is 0 Å². The summed E-state index contributed by atoms with van der Waals surface area (Å²) in [5, 5.41) is 3.71. The molecule has 0 saturated carbocycles. The lowest BCUT2D eigenvalue weighted by atomic mass is 9.83. The maximum Gasteiger partial charge on any atom is 0.0119 e. The fraction of sp³-hybridized carbons (Fsp3) is 0.667. The molecular formula is C18H31N. The van der Waals surface area contributed by atoms with Gasteiger partial charge in [0.2, 0.25) is 0 Å². The van der Waals surface area contributed by atoms with Crippen molar-refractivity contribution < 1.29 is 0 Å². The Morgan fingerprint density at radius 3 is 2.11 bits per heavy atom. The van der Waals surface area contributed by atoms with Gasteiger partial charge in [-0.2, -0.15) is 0 Å². The average molecular weight is 261 g/mol. The molecule has 0 amide bonds. The third kappa shape index (κ3) is 5.78. The quantitative estimate of drug-likeness (QED) is 0.786. The molecule has 0 bridgehead atoms. The maximum atomic E-state index is 3.71. The van der Waals surface area contributed by atoms with Crippen molar-refractivity contribution in [2.24, 2.45) is 5.41 Å². The van der Waals surface area contributed by atoms with Gasteiger partial charge in [-0.25, -0.2) is 0 Å². The van der Waals surface area contributed by atoms with E-state index in [-0.39, 0.29) is 0 Å². The summed E-state index contributed by atoms with van der Waals surface area (Å²) in [5.41, 5.74) is 4.56. The van der Waals surface area contributed by atoms with E-state index in [1.807, 2.05) is 0 Å². The summed E-state index contributed by atoms with van der Waals surface area (Å²) in [5.74, 6) is 0.